The molecule has 0 aliphatic heterocycles. The van der Waals surface area contributed by atoms with Crippen LogP contribution in [0.1, 0.15) is 32.6 Å². The lowest BCUT2D eigenvalue weighted by atomic mass is 9.70. The molecular weight excluding hydrogens is 200 g/mol. The summed E-state index contributed by atoms with van der Waals surface area (Å²) in [7, 11) is 0. The lowest BCUT2D eigenvalue weighted by Crippen LogP contribution is -2.34. The van der Waals surface area contributed by atoms with E-state index in [0.29, 0.717) is 0 Å². The smallest absolute Gasteiger partial charge is 0.331 e. The second kappa shape index (κ2) is 3.22. The Morgan fingerprint density at radius 2 is 2.44 bits per heavy atom. The highest BCUT2D eigenvalue weighted by molar-refractivity contribution is 5.81. The minimum absolute atomic E-state index is 0.298. The monoisotopic (exact) mass is 218 g/mol. The van der Waals surface area contributed by atoms with E-state index < -0.39 is 0 Å². The number of hydrogen-bond donors (Lipinski definition) is 0. The lowest BCUT2D eigenvalue weighted by molar-refractivity contribution is -0.148. The van der Waals surface area contributed by atoms with Crippen LogP contribution in [0.4, 0.5) is 0 Å². The minimum Gasteiger partial charge on any atom is -0.452 e. The summed E-state index contributed by atoms with van der Waals surface area (Å²) in [5.41, 5.74) is 1.15. The van der Waals surface area contributed by atoms with E-state index in [1.165, 1.54) is 30.9 Å². The van der Waals surface area contributed by atoms with E-state index in [0.717, 1.165) is 24.2 Å². The molecule has 0 N–H and O–H groups in total. The second-order valence-corrected chi connectivity index (χ2v) is 5.77. The molecule has 86 valence electrons. The van der Waals surface area contributed by atoms with Crippen molar-refractivity contribution in [2.24, 2.45) is 17.8 Å². The van der Waals surface area contributed by atoms with Crippen molar-refractivity contribution in [1.82, 2.24) is 0 Å². The molecule has 2 nitrogen and oxygen atoms in total. The van der Waals surface area contributed by atoms with Crippen molar-refractivity contribution in [3.63, 3.8) is 0 Å². The third kappa shape index (κ3) is 1.43. The van der Waals surface area contributed by atoms with Gasteiger partial charge in [-0.3, -0.25) is 0 Å². The Bertz CT molecular complexity index is 382. The summed E-state index contributed by atoms with van der Waals surface area (Å²) < 4.78 is 5.52. The van der Waals surface area contributed by atoms with E-state index in [-0.39, 0.29) is 11.6 Å². The van der Waals surface area contributed by atoms with Gasteiger partial charge in [0.05, 0.1) is 0 Å². The number of esters is 1. The summed E-state index contributed by atoms with van der Waals surface area (Å²) in [5, 5.41) is 0. The topological polar surface area (TPSA) is 26.3 Å². The van der Waals surface area contributed by atoms with Crippen molar-refractivity contribution in [2.45, 2.75) is 38.2 Å². The molecule has 16 heavy (non-hydrogen) atoms. The molecular formula is C14H18O2. The lowest BCUT2D eigenvalue weighted by Gasteiger charge is -2.38. The zero-order chi connectivity index (χ0) is 11.3. The maximum atomic E-state index is 11.4. The van der Waals surface area contributed by atoms with E-state index in [4.69, 9.17) is 4.74 Å². The standard InChI is InChI=1S/C14H18O2/c1-3-13(15)16-14(2)7-9-4-10-6-11(8-14)12(10)5-9/h3,8-10,12H,1,4-7H2,2H3. The van der Waals surface area contributed by atoms with E-state index in [1.807, 2.05) is 6.92 Å². The predicted octanol–water partition coefficient (Wildman–Crippen LogP) is 2.85. The van der Waals surface area contributed by atoms with Gasteiger partial charge in [0, 0.05) is 6.08 Å². The number of ether oxygens (including phenoxy) is 1. The van der Waals surface area contributed by atoms with E-state index in [1.54, 1.807) is 0 Å². The average Bonchev–Trinajstić information content (AvgIpc) is 2.45. The highest BCUT2D eigenvalue weighted by Crippen LogP contribution is 2.57. The predicted molar refractivity (Wildman–Crippen MR) is 61.7 cm³/mol. The van der Waals surface area contributed by atoms with E-state index in [9.17, 15) is 4.79 Å². The molecule has 0 aromatic rings. The van der Waals surface area contributed by atoms with Crippen molar-refractivity contribution in [1.29, 1.82) is 0 Å². The fourth-order valence-electron chi connectivity index (χ4n) is 3.91. The summed E-state index contributed by atoms with van der Waals surface area (Å²) in [5.74, 6) is 2.20. The maximum absolute atomic E-state index is 11.4. The number of carbonyl (C=O) groups excluding carboxylic acids is 1. The third-order valence-electron chi connectivity index (χ3n) is 4.45. The minimum atomic E-state index is -0.384. The molecule has 3 aliphatic rings. The number of carbonyl (C=O) groups is 1. The van der Waals surface area contributed by atoms with Gasteiger partial charge in [0.2, 0.25) is 0 Å². The van der Waals surface area contributed by atoms with Crippen LogP contribution in [-0.4, -0.2) is 11.6 Å². The average molecular weight is 218 g/mol. The molecule has 2 saturated carbocycles. The fourth-order valence-corrected chi connectivity index (χ4v) is 3.91. The Balaban J connectivity index is 1.85. The summed E-state index contributed by atoms with van der Waals surface area (Å²) in [4.78, 5) is 11.4. The Labute approximate surface area is 96.4 Å². The molecule has 2 heteroatoms. The molecule has 2 fully saturated rings. The molecule has 0 aromatic carbocycles. The van der Waals surface area contributed by atoms with Crippen LogP contribution in [-0.2, 0) is 9.53 Å². The van der Waals surface area contributed by atoms with Crippen molar-refractivity contribution in [3.05, 3.63) is 24.3 Å². The van der Waals surface area contributed by atoms with Crippen LogP contribution < -0.4 is 0 Å². The second-order valence-electron chi connectivity index (χ2n) is 5.77. The van der Waals surface area contributed by atoms with Crippen LogP contribution in [0, 0.1) is 17.8 Å². The molecule has 3 rings (SSSR count). The first-order valence-corrected chi connectivity index (χ1v) is 6.17. The van der Waals surface area contributed by atoms with Gasteiger partial charge in [-0.1, -0.05) is 12.2 Å². The van der Waals surface area contributed by atoms with Gasteiger partial charge in [-0.05, 0) is 56.4 Å². The number of hydrogen-bond acceptors (Lipinski definition) is 2. The molecule has 0 radical (unpaired) electrons. The molecule has 4 atom stereocenters. The molecule has 4 unspecified atom stereocenters. The zero-order valence-electron chi connectivity index (χ0n) is 9.74. The Kier molecular flexibility index (Phi) is 2.04. The summed E-state index contributed by atoms with van der Waals surface area (Å²) >= 11 is 0. The van der Waals surface area contributed by atoms with Crippen LogP contribution in [0.15, 0.2) is 24.3 Å². The van der Waals surface area contributed by atoms with Gasteiger partial charge >= 0.3 is 5.97 Å². The van der Waals surface area contributed by atoms with Crippen LogP contribution in [0.5, 0.6) is 0 Å². The largest absolute Gasteiger partial charge is 0.452 e. The molecule has 0 amide bonds. The first-order chi connectivity index (χ1) is 7.59. The third-order valence-corrected chi connectivity index (χ3v) is 4.45. The van der Waals surface area contributed by atoms with Crippen LogP contribution in [0.2, 0.25) is 0 Å². The first-order valence-electron chi connectivity index (χ1n) is 6.17. The van der Waals surface area contributed by atoms with Gasteiger partial charge in [0.15, 0.2) is 0 Å². The van der Waals surface area contributed by atoms with Crippen molar-refractivity contribution >= 4 is 5.97 Å². The summed E-state index contributed by atoms with van der Waals surface area (Å²) in [6.07, 6.45) is 8.36. The molecule has 2 bridgehead atoms. The highest BCUT2D eigenvalue weighted by atomic mass is 16.6. The Morgan fingerprint density at radius 1 is 1.62 bits per heavy atom. The van der Waals surface area contributed by atoms with Crippen molar-refractivity contribution < 1.29 is 9.53 Å². The van der Waals surface area contributed by atoms with Gasteiger partial charge in [-0.15, -0.1) is 0 Å². The number of fused-ring (bicyclic) bond motifs is 1. The first kappa shape index (κ1) is 10.1. The molecule has 0 saturated heterocycles. The van der Waals surface area contributed by atoms with Crippen molar-refractivity contribution in [3.8, 4) is 0 Å². The molecule has 0 aromatic heterocycles. The molecule has 0 spiro atoms. The molecule has 3 aliphatic carbocycles. The van der Waals surface area contributed by atoms with Gasteiger partial charge in [0.25, 0.3) is 0 Å². The SMILES string of the molecule is C=CC(=O)OC1(C)C=C2CC3CC(CC23)C1. The highest BCUT2D eigenvalue weighted by Gasteiger charge is 2.49. The van der Waals surface area contributed by atoms with Gasteiger partial charge in [0.1, 0.15) is 5.60 Å². The van der Waals surface area contributed by atoms with Crippen LogP contribution >= 0.6 is 0 Å². The number of allylic oxidation sites excluding steroid dienone is 1. The van der Waals surface area contributed by atoms with Crippen LogP contribution in [0.25, 0.3) is 0 Å². The Morgan fingerprint density at radius 3 is 3.19 bits per heavy atom. The van der Waals surface area contributed by atoms with E-state index >= 15 is 0 Å². The van der Waals surface area contributed by atoms with E-state index in [2.05, 4.69) is 12.7 Å². The van der Waals surface area contributed by atoms with Crippen LogP contribution in [0.3, 0.4) is 0 Å². The quantitative estimate of drug-likeness (QED) is 0.405. The zero-order valence-corrected chi connectivity index (χ0v) is 9.74. The van der Waals surface area contributed by atoms with Crippen molar-refractivity contribution in [2.75, 3.05) is 0 Å². The van der Waals surface area contributed by atoms with Gasteiger partial charge in [-0.2, -0.15) is 0 Å². The summed E-state index contributed by atoms with van der Waals surface area (Å²) in [6.45, 7) is 5.50. The van der Waals surface area contributed by atoms with Gasteiger partial charge < -0.3 is 4.74 Å². The fraction of sp³-hybridized carbons (Fsp3) is 0.643. The van der Waals surface area contributed by atoms with Gasteiger partial charge in [-0.25, -0.2) is 4.79 Å². The maximum Gasteiger partial charge on any atom is 0.331 e. The molecule has 0 heterocycles. The normalized spacial score (nSPS) is 44.1. The summed E-state index contributed by atoms with van der Waals surface area (Å²) in [6, 6.07) is 0. The Hall–Kier alpha value is -1.05. The number of rotatable bonds is 2.